The third-order valence-corrected chi connectivity index (χ3v) is 4.22. The van der Waals surface area contributed by atoms with Gasteiger partial charge in [0.1, 0.15) is 5.82 Å². The zero-order valence-corrected chi connectivity index (χ0v) is 12.8. The smallest absolute Gasteiger partial charge is 0.338 e. The number of carbonyl (C=O) groups is 1. The number of hydrogen-bond donors (Lipinski definition) is 2. The Morgan fingerprint density at radius 3 is 2.48 bits per heavy atom. The summed E-state index contributed by atoms with van der Waals surface area (Å²) in [6.07, 6.45) is -0.495. The van der Waals surface area contributed by atoms with Crippen LogP contribution in [0, 0.1) is 11.7 Å². The van der Waals surface area contributed by atoms with Crippen LogP contribution >= 0.6 is 0 Å². The van der Waals surface area contributed by atoms with Gasteiger partial charge in [-0.15, -0.1) is 0 Å². The van der Waals surface area contributed by atoms with Crippen molar-refractivity contribution in [2.45, 2.75) is 20.0 Å². The molecule has 0 aliphatic carbocycles. The molecule has 1 rings (SSSR count). The maximum Gasteiger partial charge on any atom is 0.338 e. The third-order valence-electron chi connectivity index (χ3n) is 2.90. The van der Waals surface area contributed by atoms with E-state index >= 15 is 0 Å². The number of carboxylic acids is 1. The van der Waals surface area contributed by atoms with Crippen molar-refractivity contribution >= 4 is 21.7 Å². The van der Waals surface area contributed by atoms with Crippen molar-refractivity contribution < 1.29 is 27.4 Å². The summed E-state index contributed by atoms with van der Waals surface area (Å²) in [7, 11) is -2.31. The van der Waals surface area contributed by atoms with Gasteiger partial charge in [0.25, 0.3) is 0 Å². The number of ether oxygens (including phenoxy) is 1. The Morgan fingerprint density at radius 2 is 2.05 bits per heavy atom. The number of hydrogen-bond acceptors (Lipinski definition) is 4. The lowest BCUT2D eigenvalue weighted by Crippen LogP contribution is -2.31. The molecule has 1 unspecified atom stereocenters. The van der Waals surface area contributed by atoms with Crippen LogP contribution < -0.4 is 4.72 Å². The maximum atomic E-state index is 13.5. The number of nitrogens with one attached hydrogen (secondary N) is 1. The van der Waals surface area contributed by atoms with Crippen LogP contribution in [-0.4, -0.2) is 38.5 Å². The maximum absolute atomic E-state index is 13.5. The van der Waals surface area contributed by atoms with Gasteiger partial charge >= 0.3 is 5.97 Å². The standard InChI is InChI=1S/C13H18FNO5S/c1-8(2)12(20-3)7-21(18,19)15-9-4-5-10(13(16)17)11(14)6-9/h4-6,8,12,15H,7H2,1-3H3,(H,16,17). The second kappa shape index (κ2) is 6.86. The molecule has 0 aliphatic rings. The molecule has 0 spiro atoms. The molecule has 1 aromatic carbocycles. The summed E-state index contributed by atoms with van der Waals surface area (Å²) in [6, 6.07) is 3.03. The third kappa shape index (κ3) is 4.98. The molecule has 21 heavy (non-hydrogen) atoms. The lowest BCUT2D eigenvalue weighted by atomic mass is 10.1. The van der Waals surface area contributed by atoms with Gasteiger partial charge in [-0.2, -0.15) is 0 Å². The molecule has 0 saturated carbocycles. The molecular formula is C13H18FNO5S. The molecule has 1 aromatic rings. The molecule has 8 heteroatoms. The van der Waals surface area contributed by atoms with E-state index in [1.807, 2.05) is 13.8 Å². The van der Waals surface area contributed by atoms with Gasteiger partial charge in [-0.1, -0.05) is 13.8 Å². The van der Waals surface area contributed by atoms with Crippen LogP contribution in [0.5, 0.6) is 0 Å². The fourth-order valence-corrected chi connectivity index (χ4v) is 3.25. The Bertz CT molecular complexity index is 615. The fourth-order valence-electron chi connectivity index (χ4n) is 1.72. The first-order chi connectivity index (χ1) is 9.66. The molecule has 118 valence electrons. The van der Waals surface area contributed by atoms with E-state index in [1.165, 1.54) is 13.2 Å². The zero-order chi connectivity index (χ0) is 16.2. The Morgan fingerprint density at radius 1 is 1.43 bits per heavy atom. The molecule has 0 saturated heterocycles. The van der Waals surface area contributed by atoms with E-state index < -0.39 is 33.5 Å². The average molecular weight is 319 g/mol. The quantitative estimate of drug-likeness (QED) is 0.801. The van der Waals surface area contributed by atoms with E-state index in [4.69, 9.17) is 9.84 Å². The first-order valence-electron chi connectivity index (χ1n) is 6.22. The second-order valence-corrected chi connectivity index (χ2v) is 6.67. The molecule has 0 fully saturated rings. The topological polar surface area (TPSA) is 92.7 Å². The first-order valence-corrected chi connectivity index (χ1v) is 7.87. The van der Waals surface area contributed by atoms with Crippen molar-refractivity contribution in [3.8, 4) is 0 Å². The van der Waals surface area contributed by atoms with Crippen LogP contribution in [0.15, 0.2) is 18.2 Å². The summed E-state index contributed by atoms with van der Waals surface area (Å²) in [5.41, 5.74) is -0.550. The van der Waals surface area contributed by atoms with Crippen LogP contribution in [0.25, 0.3) is 0 Å². The highest BCUT2D eigenvalue weighted by molar-refractivity contribution is 7.92. The fraction of sp³-hybridized carbons (Fsp3) is 0.462. The zero-order valence-electron chi connectivity index (χ0n) is 12.0. The van der Waals surface area contributed by atoms with E-state index in [1.54, 1.807) is 0 Å². The van der Waals surface area contributed by atoms with Crippen molar-refractivity contribution in [1.29, 1.82) is 0 Å². The highest BCUT2D eigenvalue weighted by Crippen LogP contribution is 2.17. The van der Waals surface area contributed by atoms with Gasteiger partial charge in [-0.3, -0.25) is 4.72 Å². The van der Waals surface area contributed by atoms with Gasteiger partial charge in [0, 0.05) is 7.11 Å². The summed E-state index contributed by atoms with van der Waals surface area (Å²) in [5, 5.41) is 8.71. The van der Waals surface area contributed by atoms with Crippen molar-refractivity contribution in [3.63, 3.8) is 0 Å². The number of halogens is 1. The summed E-state index contributed by atoms with van der Waals surface area (Å²) in [5.74, 6) is -2.70. The molecule has 0 aromatic heterocycles. The van der Waals surface area contributed by atoms with Gasteiger partial charge in [0.05, 0.1) is 23.1 Å². The number of benzene rings is 1. The summed E-state index contributed by atoms with van der Waals surface area (Å²) in [4.78, 5) is 10.7. The first kappa shape index (κ1) is 17.4. The molecule has 1 atom stereocenters. The highest BCUT2D eigenvalue weighted by atomic mass is 32.2. The van der Waals surface area contributed by atoms with E-state index in [0.717, 1.165) is 12.1 Å². The van der Waals surface area contributed by atoms with Gasteiger partial charge < -0.3 is 9.84 Å². The Balaban J connectivity index is 2.89. The molecule has 0 radical (unpaired) electrons. The average Bonchev–Trinajstić information content (AvgIpc) is 2.34. The number of aromatic carboxylic acids is 1. The van der Waals surface area contributed by atoms with Crippen LogP contribution in [0.3, 0.4) is 0 Å². The number of rotatable bonds is 7. The Kier molecular flexibility index (Phi) is 5.68. The van der Waals surface area contributed by atoms with E-state index in [0.29, 0.717) is 0 Å². The molecular weight excluding hydrogens is 301 g/mol. The number of anilines is 1. The molecule has 0 heterocycles. The Labute approximate surface area is 123 Å². The summed E-state index contributed by atoms with van der Waals surface area (Å²) < 4.78 is 44.7. The number of sulfonamides is 1. The minimum atomic E-state index is -3.73. The summed E-state index contributed by atoms with van der Waals surface area (Å²) >= 11 is 0. The van der Waals surface area contributed by atoms with Crippen molar-refractivity contribution in [1.82, 2.24) is 0 Å². The predicted molar refractivity (Wildman–Crippen MR) is 76.4 cm³/mol. The Hall–Kier alpha value is -1.67. The van der Waals surface area contributed by atoms with Crippen LogP contribution in [0.1, 0.15) is 24.2 Å². The van der Waals surface area contributed by atoms with E-state index in [2.05, 4.69) is 4.72 Å². The van der Waals surface area contributed by atoms with Gasteiger partial charge in [-0.05, 0) is 24.1 Å². The number of carboxylic acid groups (broad SMARTS) is 1. The van der Waals surface area contributed by atoms with Crippen molar-refractivity contribution in [2.75, 3.05) is 17.6 Å². The lowest BCUT2D eigenvalue weighted by Gasteiger charge is -2.19. The molecule has 0 aliphatic heterocycles. The van der Waals surface area contributed by atoms with Crippen LogP contribution in [0.2, 0.25) is 0 Å². The van der Waals surface area contributed by atoms with Crippen molar-refractivity contribution in [2.24, 2.45) is 5.92 Å². The van der Waals surface area contributed by atoms with Gasteiger partial charge in [-0.25, -0.2) is 17.6 Å². The molecule has 6 nitrogen and oxygen atoms in total. The van der Waals surface area contributed by atoms with Gasteiger partial charge in [0.15, 0.2) is 0 Å². The minimum absolute atomic E-state index is 0.00213. The van der Waals surface area contributed by atoms with Crippen LogP contribution in [0.4, 0.5) is 10.1 Å². The van der Waals surface area contributed by atoms with Gasteiger partial charge in [0.2, 0.25) is 10.0 Å². The highest BCUT2D eigenvalue weighted by Gasteiger charge is 2.22. The van der Waals surface area contributed by atoms with Crippen molar-refractivity contribution in [3.05, 3.63) is 29.6 Å². The normalized spacial score (nSPS) is 13.2. The predicted octanol–water partition coefficient (Wildman–Crippen LogP) is 1.94. The van der Waals surface area contributed by atoms with Crippen LogP contribution in [-0.2, 0) is 14.8 Å². The molecule has 0 bridgehead atoms. The number of methoxy groups -OCH3 is 1. The SMILES string of the molecule is COC(CS(=O)(=O)Nc1ccc(C(=O)O)c(F)c1)C(C)C. The largest absolute Gasteiger partial charge is 0.478 e. The van der Waals surface area contributed by atoms with E-state index in [-0.39, 0.29) is 17.4 Å². The monoisotopic (exact) mass is 319 g/mol. The molecule has 0 amide bonds. The lowest BCUT2D eigenvalue weighted by molar-refractivity contribution is 0.0692. The molecule has 2 N–H and O–H groups in total. The summed E-state index contributed by atoms with van der Waals surface area (Å²) in [6.45, 7) is 3.65. The minimum Gasteiger partial charge on any atom is -0.478 e. The van der Waals surface area contributed by atoms with E-state index in [9.17, 15) is 17.6 Å². The second-order valence-electron chi connectivity index (χ2n) is 4.90.